The molecule has 33 heteroatoms. The van der Waals surface area contributed by atoms with E-state index < -0.39 is 110 Å². The number of aliphatic carboxylic acids is 1. The van der Waals surface area contributed by atoms with Gasteiger partial charge in [0, 0.05) is 91.4 Å². The predicted octanol–water partition coefficient (Wildman–Crippen LogP) is 15.3. The van der Waals surface area contributed by atoms with Crippen molar-refractivity contribution in [3.8, 4) is 0 Å². The third kappa shape index (κ3) is 26.9. The molecular formula is C88H104ClF3N8O18S3. The normalized spacial score (nSPS) is 16.0. The number of fused-ring (bicyclic) bond motifs is 2. The average Bonchev–Trinajstić information content (AvgIpc) is 1.63. The molecule has 0 aliphatic heterocycles. The first-order chi connectivity index (χ1) is 57.4. The van der Waals surface area contributed by atoms with Crippen LogP contribution in [-0.2, 0) is 104 Å². The Labute approximate surface area is 715 Å². The Hall–Kier alpha value is -10.2. The van der Waals surface area contributed by atoms with E-state index in [0.29, 0.717) is 91.5 Å². The van der Waals surface area contributed by atoms with Gasteiger partial charge in [-0.1, -0.05) is 94.8 Å². The van der Waals surface area contributed by atoms with Crippen LogP contribution in [0.2, 0.25) is 5.02 Å². The summed E-state index contributed by atoms with van der Waals surface area (Å²) in [6.45, 7) is 14.7. The van der Waals surface area contributed by atoms with E-state index in [1.54, 1.807) is 56.3 Å². The number of carboxylic acid groups (broad SMARTS) is 2. The maximum Gasteiger partial charge on any atom is 0.417 e. The van der Waals surface area contributed by atoms with E-state index in [-0.39, 0.29) is 70.8 Å². The molecule has 7 aromatic rings. The molecular weight excluding hydrogens is 1650 g/mol. The second-order valence-electron chi connectivity index (χ2n) is 31.4. The number of hydrogen-bond donors (Lipinski definition) is 7. The number of thiophene rings is 2. The molecule has 5 amide bonds. The molecule has 3 aliphatic rings. The van der Waals surface area contributed by atoms with E-state index in [1.165, 1.54) is 59.0 Å². The van der Waals surface area contributed by atoms with Crippen LogP contribution in [0.4, 0.5) is 28.9 Å². The first kappa shape index (κ1) is 94.6. The van der Waals surface area contributed by atoms with Gasteiger partial charge in [-0.3, -0.25) is 48.1 Å². The third-order valence-corrected chi connectivity index (χ3v) is 25.9. The van der Waals surface area contributed by atoms with Gasteiger partial charge < -0.3 is 50.4 Å². The molecule has 650 valence electrons. The number of hydrogen-bond acceptors (Lipinski definition) is 20. The second kappa shape index (κ2) is 43.5. The van der Waals surface area contributed by atoms with Gasteiger partial charge in [0.2, 0.25) is 10.0 Å². The van der Waals surface area contributed by atoms with Crippen molar-refractivity contribution in [1.29, 1.82) is 0 Å². The zero-order valence-corrected chi connectivity index (χ0v) is 72.3. The summed E-state index contributed by atoms with van der Waals surface area (Å²) in [5, 5.41) is 34.3. The van der Waals surface area contributed by atoms with Crippen LogP contribution in [0.5, 0.6) is 0 Å². The van der Waals surface area contributed by atoms with Gasteiger partial charge >= 0.3 is 36.0 Å². The van der Waals surface area contributed by atoms with Crippen molar-refractivity contribution in [3.63, 3.8) is 0 Å². The first-order valence-corrected chi connectivity index (χ1v) is 43.6. The molecule has 10 rings (SSSR count). The Kier molecular flexibility index (Phi) is 34.0. The van der Waals surface area contributed by atoms with E-state index in [9.17, 15) is 74.6 Å². The number of carbonyl (C=O) groups excluding carboxylic acids is 8. The minimum absolute atomic E-state index is 0.00441. The van der Waals surface area contributed by atoms with Crippen molar-refractivity contribution in [3.05, 3.63) is 197 Å². The van der Waals surface area contributed by atoms with Crippen LogP contribution < -0.4 is 26.7 Å². The van der Waals surface area contributed by atoms with Gasteiger partial charge in [-0.05, 0) is 209 Å². The summed E-state index contributed by atoms with van der Waals surface area (Å²) in [4.78, 5) is 130. The number of carboxylic acids is 2. The van der Waals surface area contributed by atoms with E-state index in [4.69, 9.17) is 35.7 Å². The lowest BCUT2D eigenvalue weighted by Crippen LogP contribution is -2.48. The van der Waals surface area contributed by atoms with Crippen molar-refractivity contribution < 1.29 is 98.7 Å². The summed E-state index contributed by atoms with van der Waals surface area (Å²) in [7, 11) is -2.11. The quantitative estimate of drug-likeness (QED) is 0.00630. The van der Waals surface area contributed by atoms with Crippen molar-refractivity contribution in [2.75, 3.05) is 62.5 Å². The van der Waals surface area contributed by atoms with Crippen LogP contribution in [0, 0.1) is 23.2 Å². The summed E-state index contributed by atoms with van der Waals surface area (Å²) < 4.78 is 91.2. The molecule has 0 unspecified atom stereocenters. The number of anilines is 3. The number of ether oxygens (including phenoxy) is 4. The molecule has 26 nitrogen and oxygen atoms in total. The Morgan fingerprint density at radius 1 is 0.686 bits per heavy atom. The highest BCUT2D eigenvalue weighted by atomic mass is 35.5. The summed E-state index contributed by atoms with van der Waals surface area (Å²) >= 11 is 8.44. The number of hydrazone groups is 1. The SMILES string of the molecule is CC(=O)OC[C@@H](C)[C@@H](OC(C)=O)[C@H](C)[C@@H](OC(C)=O)C(=O)NCCOCCN(C)Cc1cccc(C(=O)Nc2sc3c(c2C(=O)N/N=C/c2ccc(Cl)c(C(F)(F)F)c2)CCC(C)(C)C3)c1.CCCN(C1CCC(C(=O)O)CC1)S(=O)(=O)c1cccc(C(=O)Nc2sc3c(c2C(=O)Nc2ccc(CCCc4ccc(C(=O)O)cc4)cc2)CCCC3)c1. The molecule has 0 bridgehead atoms. The largest absolute Gasteiger partial charge is 0.481 e. The molecule has 1 saturated carbocycles. The monoisotopic (exact) mass is 1750 g/mol. The number of likely N-dealkylation sites (N-methyl/N-ethyl adjacent to an activating group) is 1. The van der Waals surface area contributed by atoms with Crippen molar-refractivity contribution >= 4 is 126 Å². The topological polar surface area (TPSA) is 361 Å². The van der Waals surface area contributed by atoms with Crippen molar-refractivity contribution in [1.82, 2.24) is 19.9 Å². The molecule has 4 atom stereocenters. The van der Waals surface area contributed by atoms with Gasteiger partial charge in [0.05, 0.1) is 64.1 Å². The second-order valence-corrected chi connectivity index (χ2v) is 35.9. The zero-order chi connectivity index (χ0) is 88.0. The number of alkyl halides is 3. The number of aryl methyl sites for hydroxylation is 3. The maximum absolute atomic E-state index is 14.0. The zero-order valence-electron chi connectivity index (χ0n) is 69.1. The number of carbonyl (C=O) groups is 10. The number of amides is 5. The molecule has 2 aromatic heterocycles. The number of aromatic carboxylic acids is 1. The molecule has 5 aromatic carbocycles. The number of sulfonamides is 1. The van der Waals surface area contributed by atoms with Gasteiger partial charge in [-0.15, -0.1) is 22.7 Å². The summed E-state index contributed by atoms with van der Waals surface area (Å²) in [5.74, 6) is -7.93. The Balaban J connectivity index is 0.000000279. The smallest absolute Gasteiger partial charge is 0.417 e. The van der Waals surface area contributed by atoms with Gasteiger partial charge in [0.1, 0.15) is 16.1 Å². The fourth-order valence-electron chi connectivity index (χ4n) is 15.0. The minimum atomic E-state index is -4.67. The summed E-state index contributed by atoms with van der Waals surface area (Å²) in [6, 6.07) is 30.5. The minimum Gasteiger partial charge on any atom is -0.481 e. The van der Waals surface area contributed by atoms with Crippen LogP contribution in [0.15, 0.2) is 125 Å². The Bertz CT molecular complexity index is 5030. The molecule has 121 heavy (non-hydrogen) atoms. The molecule has 2 heterocycles. The van der Waals surface area contributed by atoms with Crippen molar-refractivity contribution in [2.24, 2.45) is 28.3 Å². The molecule has 7 N–H and O–H groups in total. The average molecular weight is 1750 g/mol. The van der Waals surface area contributed by atoms with E-state index in [2.05, 4.69) is 45.6 Å². The van der Waals surface area contributed by atoms with E-state index in [1.807, 2.05) is 61.3 Å². The van der Waals surface area contributed by atoms with Gasteiger partial charge in [-0.2, -0.15) is 22.6 Å². The highest BCUT2D eigenvalue weighted by molar-refractivity contribution is 7.89. The van der Waals surface area contributed by atoms with E-state index in [0.717, 1.165) is 114 Å². The van der Waals surface area contributed by atoms with Crippen LogP contribution in [-0.4, -0.2) is 158 Å². The number of rotatable bonds is 36. The number of benzene rings is 5. The highest BCUT2D eigenvalue weighted by Crippen LogP contribution is 2.45. The fourth-order valence-corrected chi connectivity index (χ4v) is 19.8. The standard InChI is InChI=1S/C46H57ClF3N5O10S.C42H47N3O8S2/c1-26(25-63-28(3)56)39(64-29(4)57)27(2)40(65-30(5)58)43(61)51-16-18-62-19-17-55(8)24-32-10-9-11-33(20-32)41(59)53-44-38(34-14-15-45(6,7)22-37(34)66-44)42(60)54-52-23-31-12-13-36(47)35(21-31)46(48,49)50;1-2-25-45(33-23-19-30(20-24-33)42(50)51)55(52,53)34-10-6-9-31(26-34)38(46)44-40-37(35-11-3-4-12-36(35)54-40)39(47)43-32-21-15-28(16-22-32)8-5-7-27-13-17-29(18-14-27)41(48)49/h9-13,20-21,23,26-27,39-40H,14-19,22,24-25H2,1-8H3,(H,51,61)(H,53,59)(H,54,60);6,9-10,13-18,21-22,26,30,33H,2-5,7-8,11-12,19-20,23-25H2,1H3,(H,43,47)(H,44,46)(H,48,49)(H,50,51)/b52-23+;/t26-,27+,39-,40-;/m1./s1. The predicted molar refractivity (Wildman–Crippen MR) is 455 cm³/mol. The Morgan fingerprint density at radius 2 is 1.30 bits per heavy atom. The molecule has 3 aliphatic carbocycles. The Morgan fingerprint density at radius 3 is 1.92 bits per heavy atom. The first-order valence-electron chi connectivity index (χ1n) is 40.2. The summed E-state index contributed by atoms with van der Waals surface area (Å²) in [6.07, 6.45) is 4.57. The molecule has 0 saturated heterocycles. The number of nitrogens with zero attached hydrogens (tertiary/aromatic N) is 3. The lowest BCUT2D eigenvalue weighted by Gasteiger charge is -2.35. The van der Waals surface area contributed by atoms with Crippen LogP contribution in [0.25, 0.3) is 0 Å². The molecule has 1 fully saturated rings. The third-order valence-electron chi connectivity index (χ3n) is 21.2. The molecule has 0 radical (unpaired) electrons. The number of halogens is 4. The lowest BCUT2D eigenvalue weighted by atomic mass is 9.77. The van der Waals surface area contributed by atoms with Crippen LogP contribution in [0.3, 0.4) is 0 Å². The maximum atomic E-state index is 14.0. The van der Waals surface area contributed by atoms with Crippen LogP contribution in [0.1, 0.15) is 214 Å². The fraction of sp³-hybridized carbons (Fsp3) is 0.443. The van der Waals surface area contributed by atoms with Gasteiger partial charge in [0.15, 0.2) is 6.10 Å². The summed E-state index contributed by atoms with van der Waals surface area (Å²) in [5.41, 5.74) is 8.25. The highest BCUT2D eigenvalue weighted by Gasteiger charge is 2.41. The lowest BCUT2D eigenvalue weighted by molar-refractivity contribution is -0.169. The van der Waals surface area contributed by atoms with E-state index >= 15 is 0 Å². The number of esters is 3. The molecule has 0 spiro atoms. The van der Waals surface area contributed by atoms with Crippen LogP contribution >= 0.6 is 34.3 Å². The number of nitrogens with one attached hydrogen (secondary N) is 5. The van der Waals surface area contributed by atoms with Gasteiger partial charge in [0.25, 0.3) is 29.5 Å². The van der Waals surface area contributed by atoms with Crippen molar-refractivity contribution in [2.45, 2.75) is 188 Å². The van der Waals surface area contributed by atoms with Gasteiger partial charge in [-0.25, -0.2) is 18.6 Å².